The molecular formula is C29H26O. The minimum Gasteiger partial charge on any atom is -0.497 e. The van der Waals surface area contributed by atoms with Gasteiger partial charge in [-0.1, -0.05) is 116 Å². The van der Waals surface area contributed by atoms with Gasteiger partial charge in [-0.15, -0.1) is 0 Å². The molecule has 0 amide bonds. The van der Waals surface area contributed by atoms with E-state index in [0.29, 0.717) is 0 Å². The summed E-state index contributed by atoms with van der Waals surface area (Å²) in [6, 6.07) is 38.6. The Morgan fingerprint density at radius 1 is 0.467 bits per heavy atom. The van der Waals surface area contributed by atoms with Crippen LogP contribution in [0.4, 0.5) is 0 Å². The van der Waals surface area contributed by atoms with Gasteiger partial charge in [0, 0.05) is 0 Å². The fourth-order valence-electron chi connectivity index (χ4n) is 3.04. The number of benzene rings is 4. The predicted octanol–water partition coefficient (Wildman–Crippen LogP) is 7.50. The van der Waals surface area contributed by atoms with Crippen LogP contribution in [0.3, 0.4) is 0 Å². The fourth-order valence-corrected chi connectivity index (χ4v) is 3.04. The molecule has 0 saturated heterocycles. The zero-order valence-corrected chi connectivity index (χ0v) is 17.3. The van der Waals surface area contributed by atoms with Crippen LogP contribution >= 0.6 is 0 Å². The van der Waals surface area contributed by atoms with Crippen LogP contribution in [0.25, 0.3) is 11.1 Å². The minimum absolute atomic E-state index is 0.865. The zero-order valence-electron chi connectivity index (χ0n) is 17.3. The molecule has 0 aromatic heterocycles. The second kappa shape index (κ2) is 10.6. The quantitative estimate of drug-likeness (QED) is 0.343. The van der Waals surface area contributed by atoms with Gasteiger partial charge in [0.05, 0.1) is 7.11 Å². The molecule has 0 aliphatic carbocycles. The van der Waals surface area contributed by atoms with Gasteiger partial charge in [-0.25, -0.2) is 0 Å². The molecule has 0 N–H and O–H groups in total. The Hall–Kier alpha value is -3.84. The number of rotatable bonds is 5. The second-order valence-electron chi connectivity index (χ2n) is 6.78. The molecule has 0 unspecified atom stereocenters. The third kappa shape index (κ3) is 5.59. The summed E-state index contributed by atoms with van der Waals surface area (Å²) in [7, 11) is 1.67. The van der Waals surface area contributed by atoms with E-state index in [0.717, 1.165) is 28.0 Å². The SMILES string of the molecule is C=C(c1ccccc1)c1ccc(OC)cc1.C=C(c1ccccc1)c1ccccc1. The van der Waals surface area contributed by atoms with Crippen molar-refractivity contribution in [2.75, 3.05) is 7.11 Å². The highest BCUT2D eigenvalue weighted by Gasteiger charge is 2.01. The summed E-state index contributed by atoms with van der Waals surface area (Å²) in [4.78, 5) is 0. The van der Waals surface area contributed by atoms with Gasteiger partial charge in [0.15, 0.2) is 0 Å². The average Bonchev–Trinajstić information content (AvgIpc) is 2.85. The molecule has 4 aromatic rings. The highest BCUT2D eigenvalue weighted by atomic mass is 16.5. The molecule has 0 aliphatic heterocycles. The Morgan fingerprint density at radius 3 is 1.07 bits per heavy atom. The number of hydrogen-bond acceptors (Lipinski definition) is 1. The molecule has 30 heavy (non-hydrogen) atoms. The second-order valence-corrected chi connectivity index (χ2v) is 6.78. The first-order valence-electron chi connectivity index (χ1n) is 9.87. The van der Waals surface area contributed by atoms with E-state index in [4.69, 9.17) is 4.74 Å². The van der Waals surface area contributed by atoms with Crippen LogP contribution in [0, 0.1) is 0 Å². The first-order valence-corrected chi connectivity index (χ1v) is 9.87. The molecule has 4 rings (SSSR count). The number of methoxy groups -OCH3 is 1. The van der Waals surface area contributed by atoms with Crippen molar-refractivity contribution in [2.24, 2.45) is 0 Å². The molecule has 0 spiro atoms. The minimum atomic E-state index is 0.865. The van der Waals surface area contributed by atoms with E-state index in [1.807, 2.05) is 78.9 Å². The molecule has 0 heterocycles. The molecule has 0 radical (unpaired) electrons. The van der Waals surface area contributed by atoms with Crippen LogP contribution in [0.5, 0.6) is 5.75 Å². The van der Waals surface area contributed by atoms with Crippen LogP contribution in [-0.4, -0.2) is 7.11 Å². The van der Waals surface area contributed by atoms with Gasteiger partial charge < -0.3 is 4.74 Å². The highest BCUT2D eigenvalue weighted by molar-refractivity contribution is 5.78. The smallest absolute Gasteiger partial charge is 0.118 e. The third-order valence-electron chi connectivity index (χ3n) is 4.81. The maximum absolute atomic E-state index is 5.12. The normalized spacial score (nSPS) is 9.77. The molecule has 0 bridgehead atoms. The lowest BCUT2D eigenvalue weighted by Crippen LogP contribution is -1.87. The van der Waals surface area contributed by atoms with Crippen molar-refractivity contribution in [2.45, 2.75) is 0 Å². The van der Waals surface area contributed by atoms with E-state index >= 15 is 0 Å². The lowest BCUT2D eigenvalue weighted by Gasteiger charge is -2.07. The van der Waals surface area contributed by atoms with Gasteiger partial charge in [-0.2, -0.15) is 0 Å². The summed E-state index contributed by atoms with van der Waals surface area (Å²) in [5, 5.41) is 0. The number of ether oxygens (including phenoxy) is 1. The fraction of sp³-hybridized carbons (Fsp3) is 0.0345. The summed E-state index contributed by atoms with van der Waals surface area (Å²) in [6.45, 7) is 8.21. The van der Waals surface area contributed by atoms with Crippen molar-refractivity contribution in [3.63, 3.8) is 0 Å². The van der Waals surface area contributed by atoms with Crippen molar-refractivity contribution in [1.82, 2.24) is 0 Å². The Morgan fingerprint density at radius 2 is 0.767 bits per heavy atom. The van der Waals surface area contributed by atoms with Crippen molar-refractivity contribution in [1.29, 1.82) is 0 Å². The summed E-state index contributed by atoms with van der Waals surface area (Å²) >= 11 is 0. The lowest BCUT2D eigenvalue weighted by molar-refractivity contribution is 0.415. The molecule has 148 valence electrons. The van der Waals surface area contributed by atoms with Crippen LogP contribution < -0.4 is 4.74 Å². The Labute approximate surface area is 179 Å². The molecule has 0 atom stereocenters. The van der Waals surface area contributed by atoms with Crippen molar-refractivity contribution in [3.8, 4) is 5.75 Å². The lowest BCUT2D eigenvalue weighted by atomic mass is 10.00. The summed E-state index contributed by atoms with van der Waals surface area (Å²) in [5.74, 6) is 0.865. The first kappa shape index (κ1) is 20.9. The standard InChI is InChI=1S/C15H14O.C14H12/c1-12(13-6-4-3-5-7-13)14-8-10-15(16-2)11-9-14;1-12(13-8-4-2-5-9-13)14-10-6-3-7-11-14/h3-11H,1H2,2H3;2-11H,1H2. The van der Waals surface area contributed by atoms with Gasteiger partial charge >= 0.3 is 0 Å². The highest BCUT2D eigenvalue weighted by Crippen LogP contribution is 2.23. The van der Waals surface area contributed by atoms with Crippen molar-refractivity contribution < 1.29 is 4.74 Å². The largest absolute Gasteiger partial charge is 0.497 e. The van der Waals surface area contributed by atoms with Crippen LogP contribution in [0.15, 0.2) is 128 Å². The predicted molar refractivity (Wildman–Crippen MR) is 129 cm³/mol. The van der Waals surface area contributed by atoms with Gasteiger partial charge in [0.1, 0.15) is 5.75 Å². The van der Waals surface area contributed by atoms with Crippen LogP contribution in [0.2, 0.25) is 0 Å². The van der Waals surface area contributed by atoms with E-state index in [9.17, 15) is 0 Å². The molecule has 1 nitrogen and oxygen atoms in total. The van der Waals surface area contributed by atoms with Gasteiger partial charge in [0.25, 0.3) is 0 Å². The topological polar surface area (TPSA) is 9.23 Å². The average molecular weight is 391 g/mol. The molecular weight excluding hydrogens is 364 g/mol. The molecule has 0 fully saturated rings. The first-order chi connectivity index (χ1) is 14.7. The molecule has 4 aromatic carbocycles. The van der Waals surface area contributed by atoms with Crippen LogP contribution in [-0.2, 0) is 0 Å². The zero-order chi connectivity index (χ0) is 21.2. The summed E-state index contributed by atoms with van der Waals surface area (Å²) < 4.78 is 5.12. The van der Waals surface area contributed by atoms with Crippen LogP contribution in [0.1, 0.15) is 22.3 Å². The molecule has 1 heteroatoms. The summed E-state index contributed by atoms with van der Waals surface area (Å²) in [6.07, 6.45) is 0. The van der Waals surface area contributed by atoms with Gasteiger partial charge in [-0.3, -0.25) is 0 Å². The van der Waals surface area contributed by atoms with E-state index in [2.05, 4.69) is 49.6 Å². The van der Waals surface area contributed by atoms with Crippen molar-refractivity contribution in [3.05, 3.63) is 151 Å². The van der Waals surface area contributed by atoms with E-state index in [-0.39, 0.29) is 0 Å². The Kier molecular flexibility index (Phi) is 7.40. The van der Waals surface area contributed by atoms with E-state index in [1.165, 1.54) is 11.1 Å². The summed E-state index contributed by atoms with van der Waals surface area (Å²) in [5.41, 5.74) is 6.73. The molecule has 0 aliphatic rings. The van der Waals surface area contributed by atoms with E-state index in [1.54, 1.807) is 7.11 Å². The van der Waals surface area contributed by atoms with E-state index < -0.39 is 0 Å². The Balaban J connectivity index is 0.000000172. The van der Waals surface area contributed by atoms with Gasteiger partial charge in [0.2, 0.25) is 0 Å². The van der Waals surface area contributed by atoms with Gasteiger partial charge in [-0.05, 0) is 45.5 Å². The third-order valence-corrected chi connectivity index (χ3v) is 4.81. The maximum atomic E-state index is 5.12. The molecule has 0 saturated carbocycles. The Bertz CT molecular complexity index is 1020. The monoisotopic (exact) mass is 390 g/mol. The maximum Gasteiger partial charge on any atom is 0.118 e. The van der Waals surface area contributed by atoms with Crippen molar-refractivity contribution >= 4 is 11.1 Å². The number of hydrogen-bond donors (Lipinski definition) is 0.